The molecule has 1 saturated heterocycles. The molecule has 1 fully saturated rings. The molecule has 21 heavy (non-hydrogen) atoms. The predicted molar refractivity (Wildman–Crippen MR) is 89.4 cm³/mol. The molecule has 0 aliphatic carbocycles. The van der Waals surface area contributed by atoms with Gasteiger partial charge in [-0.1, -0.05) is 42.5 Å². The number of carbonyl (C=O) groups is 1. The molecule has 1 aliphatic heterocycles. The average Bonchev–Trinajstić information content (AvgIpc) is 2.53. The summed E-state index contributed by atoms with van der Waals surface area (Å²) in [6.45, 7) is 0.730. The lowest BCUT2D eigenvalue weighted by molar-refractivity contribution is 0.0681. The van der Waals surface area contributed by atoms with E-state index in [9.17, 15) is 4.79 Å². The van der Waals surface area contributed by atoms with Gasteiger partial charge in [0.1, 0.15) is 0 Å². The van der Waals surface area contributed by atoms with Crippen LogP contribution in [-0.4, -0.2) is 28.4 Å². The van der Waals surface area contributed by atoms with Crippen molar-refractivity contribution in [3.63, 3.8) is 0 Å². The Kier molecular flexibility index (Phi) is 3.88. The number of nitrogens with zero attached hydrogens (tertiary/aromatic N) is 1. The highest BCUT2D eigenvalue weighted by atomic mass is 32.1. The van der Waals surface area contributed by atoms with Gasteiger partial charge in [-0.25, -0.2) is 0 Å². The Morgan fingerprint density at radius 2 is 1.90 bits per heavy atom. The van der Waals surface area contributed by atoms with Crippen molar-refractivity contribution in [1.82, 2.24) is 4.90 Å². The SMILES string of the molecule is NC(=S)C1CCCCN1C(=O)c1ccc2ccccc2c1. The standard InChI is InChI=1S/C17H18N2OS/c18-16(21)15-7-3-4-10-19(15)17(20)14-9-8-12-5-1-2-6-13(12)11-14/h1-2,5-6,8-9,11,15H,3-4,7,10H2,(H2,18,21). The molecule has 2 N–H and O–H groups in total. The molecule has 1 atom stereocenters. The van der Waals surface area contributed by atoms with Crippen LogP contribution in [0.3, 0.4) is 0 Å². The minimum Gasteiger partial charge on any atom is -0.392 e. The fourth-order valence-electron chi connectivity index (χ4n) is 2.96. The number of benzene rings is 2. The monoisotopic (exact) mass is 298 g/mol. The number of piperidine rings is 1. The average molecular weight is 298 g/mol. The molecule has 108 valence electrons. The normalized spacial score (nSPS) is 18.7. The number of likely N-dealkylation sites (tertiary alicyclic amines) is 1. The van der Waals surface area contributed by atoms with E-state index < -0.39 is 0 Å². The third kappa shape index (κ3) is 2.76. The van der Waals surface area contributed by atoms with E-state index in [0.29, 0.717) is 10.6 Å². The van der Waals surface area contributed by atoms with Crippen LogP contribution in [0.2, 0.25) is 0 Å². The Morgan fingerprint density at radius 1 is 1.14 bits per heavy atom. The molecule has 0 aromatic heterocycles. The Balaban J connectivity index is 1.93. The zero-order chi connectivity index (χ0) is 14.8. The first kappa shape index (κ1) is 14.0. The summed E-state index contributed by atoms with van der Waals surface area (Å²) in [4.78, 5) is 15.0. The van der Waals surface area contributed by atoms with Crippen molar-refractivity contribution in [1.29, 1.82) is 0 Å². The van der Waals surface area contributed by atoms with E-state index in [2.05, 4.69) is 0 Å². The van der Waals surface area contributed by atoms with Crippen molar-refractivity contribution in [2.75, 3.05) is 6.54 Å². The van der Waals surface area contributed by atoms with Crippen molar-refractivity contribution in [3.05, 3.63) is 48.0 Å². The smallest absolute Gasteiger partial charge is 0.254 e. The van der Waals surface area contributed by atoms with Gasteiger partial charge in [-0.3, -0.25) is 4.79 Å². The third-order valence-electron chi connectivity index (χ3n) is 4.09. The van der Waals surface area contributed by atoms with Crippen molar-refractivity contribution in [2.24, 2.45) is 5.73 Å². The molecule has 2 aromatic carbocycles. The fraction of sp³-hybridized carbons (Fsp3) is 0.294. The van der Waals surface area contributed by atoms with Gasteiger partial charge in [-0.05, 0) is 42.2 Å². The quantitative estimate of drug-likeness (QED) is 0.867. The highest BCUT2D eigenvalue weighted by molar-refractivity contribution is 7.80. The molecule has 0 bridgehead atoms. The van der Waals surface area contributed by atoms with Gasteiger partial charge in [0.15, 0.2) is 0 Å². The highest BCUT2D eigenvalue weighted by Gasteiger charge is 2.29. The van der Waals surface area contributed by atoms with Crippen LogP contribution < -0.4 is 5.73 Å². The maximum Gasteiger partial charge on any atom is 0.254 e. The Labute approximate surface area is 129 Å². The zero-order valence-electron chi connectivity index (χ0n) is 11.8. The molecule has 0 saturated carbocycles. The molecule has 1 aliphatic rings. The summed E-state index contributed by atoms with van der Waals surface area (Å²) < 4.78 is 0. The van der Waals surface area contributed by atoms with E-state index in [-0.39, 0.29) is 11.9 Å². The zero-order valence-corrected chi connectivity index (χ0v) is 12.6. The molecule has 1 heterocycles. The summed E-state index contributed by atoms with van der Waals surface area (Å²) in [6.07, 6.45) is 2.95. The number of hydrogen-bond donors (Lipinski definition) is 1. The number of thiocarbonyl (C=S) groups is 1. The lowest BCUT2D eigenvalue weighted by Gasteiger charge is -2.35. The maximum atomic E-state index is 12.8. The van der Waals surface area contributed by atoms with Crippen LogP contribution in [0, 0.1) is 0 Å². The van der Waals surface area contributed by atoms with Gasteiger partial charge in [0, 0.05) is 12.1 Å². The second kappa shape index (κ2) is 5.82. The summed E-state index contributed by atoms with van der Waals surface area (Å²) in [6, 6.07) is 13.8. The Morgan fingerprint density at radius 3 is 2.67 bits per heavy atom. The molecule has 1 unspecified atom stereocenters. The van der Waals surface area contributed by atoms with Crippen LogP contribution in [0.25, 0.3) is 10.8 Å². The minimum absolute atomic E-state index is 0.0262. The Bertz CT molecular complexity index is 698. The number of fused-ring (bicyclic) bond motifs is 1. The summed E-state index contributed by atoms with van der Waals surface area (Å²) in [7, 11) is 0. The van der Waals surface area contributed by atoms with Crippen LogP contribution in [0.4, 0.5) is 0 Å². The first-order valence-corrected chi connectivity index (χ1v) is 7.67. The van der Waals surface area contributed by atoms with Crippen LogP contribution in [0.15, 0.2) is 42.5 Å². The third-order valence-corrected chi connectivity index (χ3v) is 4.36. The number of carbonyl (C=O) groups excluding carboxylic acids is 1. The molecule has 4 heteroatoms. The Hall–Kier alpha value is -1.94. The van der Waals surface area contributed by atoms with Crippen molar-refractivity contribution < 1.29 is 4.79 Å². The van der Waals surface area contributed by atoms with Crippen molar-refractivity contribution in [2.45, 2.75) is 25.3 Å². The molecular weight excluding hydrogens is 280 g/mol. The van der Waals surface area contributed by atoms with Gasteiger partial charge in [0.2, 0.25) is 0 Å². The van der Waals surface area contributed by atoms with Gasteiger partial charge in [0.05, 0.1) is 11.0 Å². The first-order valence-electron chi connectivity index (χ1n) is 7.26. The van der Waals surface area contributed by atoms with E-state index in [4.69, 9.17) is 18.0 Å². The van der Waals surface area contributed by atoms with E-state index in [0.717, 1.165) is 36.6 Å². The predicted octanol–water partition coefficient (Wildman–Crippen LogP) is 3.12. The minimum atomic E-state index is -0.104. The largest absolute Gasteiger partial charge is 0.392 e. The van der Waals surface area contributed by atoms with Crippen molar-refractivity contribution in [3.8, 4) is 0 Å². The summed E-state index contributed by atoms with van der Waals surface area (Å²) in [5, 5.41) is 2.21. The van der Waals surface area contributed by atoms with Gasteiger partial charge in [-0.15, -0.1) is 0 Å². The lowest BCUT2D eigenvalue weighted by Crippen LogP contribution is -2.49. The van der Waals surface area contributed by atoms with Crippen LogP contribution in [-0.2, 0) is 0 Å². The topological polar surface area (TPSA) is 46.3 Å². The van der Waals surface area contributed by atoms with Gasteiger partial charge in [-0.2, -0.15) is 0 Å². The fourth-order valence-corrected chi connectivity index (χ4v) is 3.20. The summed E-state index contributed by atoms with van der Waals surface area (Å²) in [5.41, 5.74) is 6.51. The van der Waals surface area contributed by atoms with Gasteiger partial charge in [0.25, 0.3) is 5.91 Å². The summed E-state index contributed by atoms with van der Waals surface area (Å²) >= 11 is 5.12. The molecule has 3 rings (SSSR count). The van der Waals surface area contributed by atoms with E-state index >= 15 is 0 Å². The van der Waals surface area contributed by atoms with E-state index in [1.165, 1.54) is 0 Å². The number of hydrogen-bond acceptors (Lipinski definition) is 2. The number of rotatable bonds is 2. The first-order chi connectivity index (χ1) is 10.2. The molecule has 3 nitrogen and oxygen atoms in total. The van der Waals surface area contributed by atoms with Crippen LogP contribution >= 0.6 is 12.2 Å². The second-order valence-electron chi connectivity index (χ2n) is 5.47. The van der Waals surface area contributed by atoms with Gasteiger partial charge >= 0.3 is 0 Å². The summed E-state index contributed by atoms with van der Waals surface area (Å²) in [5.74, 6) is 0.0262. The van der Waals surface area contributed by atoms with Gasteiger partial charge < -0.3 is 10.6 Å². The van der Waals surface area contributed by atoms with E-state index in [1.54, 1.807) is 0 Å². The molecule has 2 aromatic rings. The highest BCUT2D eigenvalue weighted by Crippen LogP contribution is 2.22. The number of nitrogens with two attached hydrogens (primary N) is 1. The van der Waals surface area contributed by atoms with Crippen molar-refractivity contribution >= 4 is 33.9 Å². The van der Waals surface area contributed by atoms with Crippen LogP contribution in [0.5, 0.6) is 0 Å². The maximum absolute atomic E-state index is 12.8. The molecule has 0 radical (unpaired) electrons. The number of amides is 1. The molecular formula is C17H18N2OS. The molecule has 0 spiro atoms. The lowest BCUT2D eigenvalue weighted by atomic mass is 10.00. The second-order valence-corrected chi connectivity index (χ2v) is 5.95. The molecule has 1 amide bonds. The van der Waals surface area contributed by atoms with Crippen LogP contribution in [0.1, 0.15) is 29.6 Å². The van der Waals surface area contributed by atoms with E-state index in [1.807, 2.05) is 47.4 Å².